The van der Waals surface area contributed by atoms with Gasteiger partial charge >= 0.3 is 6.03 Å². The van der Waals surface area contributed by atoms with E-state index in [9.17, 15) is 4.79 Å². The molecule has 0 atom stereocenters. The quantitative estimate of drug-likeness (QED) is 0.511. The van der Waals surface area contributed by atoms with Crippen molar-refractivity contribution in [2.24, 2.45) is 0 Å². The highest BCUT2D eigenvalue weighted by molar-refractivity contribution is 5.95. The molecule has 0 aliphatic carbocycles. The molecule has 34 heavy (non-hydrogen) atoms. The molecule has 0 saturated carbocycles. The largest absolute Gasteiger partial charge is 0.496 e. The molecule has 2 aromatic heterocycles. The topological polar surface area (TPSA) is 117 Å². The van der Waals surface area contributed by atoms with Crippen LogP contribution in [0, 0.1) is 6.92 Å². The Morgan fingerprint density at radius 3 is 2.50 bits per heavy atom. The smallest absolute Gasteiger partial charge is 0.319 e. The van der Waals surface area contributed by atoms with Gasteiger partial charge in [0.25, 0.3) is 0 Å². The van der Waals surface area contributed by atoms with Gasteiger partial charge in [0.05, 0.1) is 27.4 Å². The molecule has 0 radical (unpaired) electrons. The number of anilines is 1. The van der Waals surface area contributed by atoms with E-state index in [0.717, 1.165) is 18.4 Å². The molecule has 1 aromatic carbocycles. The molecule has 2 amide bonds. The lowest BCUT2D eigenvalue weighted by atomic mass is 10.1. The maximum Gasteiger partial charge on any atom is 0.319 e. The molecule has 0 spiro atoms. The van der Waals surface area contributed by atoms with E-state index in [0.29, 0.717) is 53.3 Å². The molecule has 0 bridgehead atoms. The highest BCUT2D eigenvalue weighted by Crippen LogP contribution is 2.42. The number of carbonyl (C=O) groups excluding carboxylic acids is 1. The first-order valence-electron chi connectivity index (χ1n) is 11.0. The van der Waals surface area contributed by atoms with Crippen LogP contribution in [0.25, 0.3) is 11.3 Å². The minimum atomic E-state index is -0.413. The number of carbonyl (C=O) groups is 1. The summed E-state index contributed by atoms with van der Waals surface area (Å²) in [5.41, 5.74) is 2.35. The van der Waals surface area contributed by atoms with Gasteiger partial charge in [-0.15, -0.1) is 0 Å². The Hall–Kier alpha value is -3.79. The minimum absolute atomic E-state index is 0.124. The van der Waals surface area contributed by atoms with E-state index >= 15 is 0 Å². The number of ether oxygens (including phenoxy) is 4. The van der Waals surface area contributed by atoms with Crippen molar-refractivity contribution in [2.45, 2.75) is 32.4 Å². The fourth-order valence-electron chi connectivity index (χ4n) is 3.65. The second-order valence-corrected chi connectivity index (χ2v) is 7.75. The molecule has 3 heterocycles. The summed E-state index contributed by atoms with van der Waals surface area (Å²) in [6.07, 6.45) is 3.52. The minimum Gasteiger partial charge on any atom is -0.496 e. The van der Waals surface area contributed by atoms with Gasteiger partial charge < -0.3 is 34.1 Å². The van der Waals surface area contributed by atoms with Crippen molar-refractivity contribution in [1.82, 2.24) is 15.5 Å². The molecule has 3 aromatic rings. The van der Waals surface area contributed by atoms with Crippen LogP contribution >= 0.6 is 0 Å². The van der Waals surface area contributed by atoms with Crippen LogP contribution in [0.5, 0.6) is 17.4 Å². The summed E-state index contributed by atoms with van der Waals surface area (Å²) in [7, 11) is 3.10. The summed E-state index contributed by atoms with van der Waals surface area (Å²) in [5.74, 6) is 1.98. The second-order valence-electron chi connectivity index (χ2n) is 7.75. The Balaban J connectivity index is 1.39. The Kier molecular flexibility index (Phi) is 7.48. The average Bonchev–Trinajstić information content (AvgIpc) is 3.23. The Morgan fingerprint density at radius 2 is 1.85 bits per heavy atom. The third kappa shape index (κ3) is 5.40. The molecule has 10 nitrogen and oxygen atoms in total. The summed E-state index contributed by atoms with van der Waals surface area (Å²) >= 11 is 0. The first kappa shape index (κ1) is 23.4. The van der Waals surface area contributed by atoms with Crippen molar-refractivity contribution >= 4 is 11.7 Å². The van der Waals surface area contributed by atoms with E-state index in [1.54, 1.807) is 51.6 Å². The molecular weight excluding hydrogens is 440 g/mol. The number of hydrogen-bond donors (Lipinski definition) is 2. The number of benzene rings is 1. The van der Waals surface area contributed by atoms with Crippen LogP contribution in [0.2, 0.25) is 0 Å². The summed E-state index contributed by atoms with van der Waals surface area (Å²) < 4.78 is 27.7. The van der Waals surface area contributed by atoms with Crippen molar-refractivity contribution in [3.8, 4) is 28.7 Å². The molecule has 4 rings (SSSR count). The first-order valence-corrected chi connectivity index (χ1v) is 11.0. The molecule has 1 aliphatic rings. The maximum absolute atomic E-state index is 12.6. The lowest BCUT2D eigenvalue weighted by Crippen LogP contribution is -2.28. The monoisotopic (exact) mass is 468 g/mol. The zero-order valence-corrected chi connectivity index (χ0v) is 19.4. The van der Waals surface area contributed by atoms with Crippen molar-refractivity contribution in [1.29, 1.82) is 0 Å². The summed E-state index contributed by atoms with van der Waals surface area (Å²) in [6, 6.07) is 8.63. The van der Waals surface area contributed by atoms with Gasteiger partial charge in [0.2, 0.25) is 5.88 Å². The van der Waals surface area contributed by atoms with Gasteiger partial charge in [0.15, 0.2) is 5.76 Å². The average molecular weight is 469 g/mol. The highest BCUT2D eigenvalue weighted by atomic mass is 16.5. The molecule has 1 aliphatic heterocycles. The number of urea groups is 1. The molecule has 2 N–H and O–H groups in total. The number of rotatable bonds is 8. The SMILES string of the molecule is COc1cccc(OC)c1-c1onc(C)c1NC(=O)NCc1ccc(OC2CCOCC2)nc1. The number of pyridine rings is 1. The number of aromatic nitrogens is 2. The van der Waals surface area contributed by atoms with Crippen LogP contribution in [-0.4, -0.2) is 49.7 Å². The summed E-state index contributed by atoms with van der Waals surface area (Å²) in [6.45, 7) is 3.44. The highest BCUT2D eigenvalue weighted by Gasteiger charge is 2.24. The standard InChI is InChI=1S/C24H28N4O6/c1-15-22(23(34-28-15)21-18(30-2)5-4-6-19(21)31-3)27-24(29)26-14-16-7-8-20(25-13-16)33-17-9-11-32-12-10-17/h4-8,13,17H,9-12,14H2,1-3H3,(H2,26,27,29). The Bertz CT molecular complexity index is 1090. The number of methoxy groups -OCH3 is 2. The lowest BCUT2D eigenvalue weighted by Gasteiger charge is -2.22. The number of nitrogens with one attached hydrogen (secondary N) is 2. The number of nitrogens with zero attached hydrogens (tertiary/aromatic N) is 2. The van der Waals surface area contributed by atoms with E-state index in [1.807, 2.05) is 6.07 Å². The van der Waals surface area contributed by atoms with Gasteiger partial charge in [-0.2, -0.15) is 0 Å². The number of amides is 2. The molecule has 1 saturated heterocycles. The molecule has 10 heteroatoms. The fraction of sp³-hybridized carbons (Fsp3) is 0.375. The third-order valence-corrected chi connectivity index (χ3v) is 5.46. The first-order chi connectivity index (χ1) is 16.6. The van der Waals surface area contributed by atoms with Crippen LogP contribution in [-0.2, 0) is 11.3 Å². The predicted molar refractivity (Wildman–Crippen MR) is 124 cm³/mol. The molecule has 0 unspecified atom stereocenters. The van der Waals surface area contributed by atoms with Crippen molar-refractivity contribution < 1.29 is 28.3 Å². The van der Waals surface area contributed by atoms with Crippen LogP contribution < -0.4 is 24.8 Å². The predicted octanol–water partition coefficient (Wildman–Crippen LogP) is 3.94. The van der Waals surface area contributed by atoms with Crippen molar-refractivity contribution in [3.05, 3.63) is 47.8 Å². The van der Waals surface area contributed by atoms with Gasteiger partial charge in [-0.3, -0.25) is 0 Å². The third-order valence-electron chi connectivity index (χ3n) is 5.46. The van der Waals surface area contributed by atoms with E-state index in [1.165, 1.54) is 0 Å². The van der Waals surface area contributed by atoms with Crippen LogP contribution in [0.1, 0.15) is 24.1 Å². The fourth-order valence-corrected chi connectivity index (χ4v) is 3.65. The van der Waals surface area contributed by atoms with Crippen LogP contribution in [0.15, 0.2) is 41.1 Å². The van der Waals surface area contributed by atoms with Gasteiger partial charge in [0.1, 0.15) is 34.5 Å². The summed E-state index contributed by atoms with van der Waals surface area (Å²) in [5, 5.41) is 9.66. The molecule has 1 fully saturated rings. The maximum atomic E-state index is 12.6. The van der Waals surface area contributed by atoms with E-state index < -0.39 is 6.03 Å². The zero-order valence-electron chi connectivity index (χ0n) is 19.4. The van der Waals surface area contributed by atoms with Gasteiger partial charge in [0, 0.05) is 31.6 Å². The van der Waals surface area contributed by atoms with E-state index in [4.69, 9.17) is 23.5 Å². The second kappa shape index (κ2) is 10.9. The Labute approximate surface area is 197 Å². The van der Waals surface area contributed by atoms with E-state index in [2.05, 4.69) is 20.8 Å². The lowest BCUT2D eigenvalue weighted by molar-refractivity contribution is 0.0237. The van der Waals surface area contributed by atoms with Crippen molar-refractivity contribution in [2.75, 3.05) is 32.8 Å². The molecule has 180 valence electrons. The van der Waals surface area contributed by atoms with E-state index in [-0.39, 0.29) is 12.6 Å². The van der Waals surface area contributed by atoms with Crippen LogP contribution in [0.3, 0.4) is 0 Å². The van der Waals surface area contributed by atoms with Gasteiger partial charge in [-0.05, 0) is 24.6 Å². The Morgan fingerprint density at radius 1 is 1.12 bits per heavy atom. The number of aryl methyl sites for hydroxylation is 1. The normalized spacial score (nSPS) is 13.9. The van der Waals surface area contributed by atoms with Gasteiger partial charge in [-0.25, -0.2) is 9.78 Å². The molecular formula is C24H28N4O6. The van der Waals surface area contributed by atoms with Gasteiger partial charge in [-0.1, -0.05) is 17.3 Å². The number of hydrogen-bond acceptors (Lipinski definition) is 8. The zero-order chi connectivity index (χ0) is 23.9. The van der Waals surface area contributed by atoms with Crippen molar-refractivity contribution in [3.63, 3.8) is 0 Å². The summed E-state index contributed by atoms with van der Waals surface area (Å²) in [4.78, 5) is 17.0. The van der Waals surface area contributed by atoms with Crippen LogP contribution in [0.4, 0.5) is 10.5 Å².